The van der Waals surface area contributed by atoms with Crippen LogP contribution in [0.1, 0.15) is 54.9 Å². The Kier molecular flexibility index (Phi) is 13.1. The first-order valence-electron chi connectivity index (χ1n) is 16.1. The second-order valence-corrected chi connectivity index (χ2v) is 15.7. The van der Waals surface area contributed by atoms with Crippen molar-refractivity contribution in [3.05, 3.63) is 81.8 Å². The number of carbonyl (C=O) groups excluding carboxylic acids is 2. The number of aliphatic hydroxyl groups is 1. The third kappa shape index (κ3) is 10.1. The van der Waals surface area contributed by atoms with Crippen LogP contribution in [0.15, 0.2) is 70.0 Å². The van der Waals surface area contributed by atoms with Gasteiger partial charge in [-0.05, 0) is 61.3 Å². The molecule has 1 aliphatic carbocycles. The number of nitrogens with one attached hydrogen (secondary N) is 2. The van der Waals surface area contributed by atoms with E-state index < -0.39 is 40.1 Å². The van der Waals surface area contributed by atoms with E-state index in [-0.39, 0.29) is 42.8 Å². The number of thiazole rings is 1. The summed E-state index contributed by atoms with van der Waals surface area (Å²) >= 11 is 1.49. The van der Waals surface area contributed by atoms with E-state index in [1.54, 1.807) is 19.2 Å². The molecule has 1 aliphatic rings. The van der Waals surface area contributed by atoms with Crippen LogP contribution in [0.4, 0.5) is 4.79 Å². The van der Waals surface area contributed by atoms with Gasteiger partial charge in [0.15, 0.2) is 0 Å². The van der Waals surface area contributed by atoms with Crippen LogP contribution >= 0.6 is 11.3 Å². The van der Waals surface area contributed by atoms with Crippen molar-refractivity contribution in [2.24, 2.45) is 17.0 Å². The molecule has 4 N–H and O–H groups in total. The zero-order chi connectivity index (χ0) is 34.8. The summed E-state index contributed by atoms with van der Waals surface area (Å²) in [6.07, 6.45) is 2.97. The normalized spacial score (nSPS) is 15.6. The summed E-state index contributed by atoms with van der Waals surface area (Å²) < 4.78 is 29.1. The third-order valence-electron chi connectivity index (χ3n) is 8.53. The zero-order valence-corrected chi connectivity index (χ0v) is 29.5. The van der Waals surface area contributed by atoms with Gasteiger partial charge >= 0.3 is 6.03 Å². The number of aliphatic hydroxyl groups excluding tert-OH is 1. The molecule has 1 fully saturated rings. The van der Waals surface area contributed by atoms with Gasteiger partial charge in [0.1, 0.15) is 6.04 Å². The average molecular weight is 699 g/mol. The Morgan fingerprint density at radius 2 is 1.79 bits per heavy atom. The Labute approximate surface area is 286 Å². The smallest absolute Gasteiger partial charge is 0.318 e. The molecule has 2 aromatic carbocycles. The highest BCUT2D eigenvalue weighted by molar-refractivity contribution is 7.89. The predicted molar refractivity (Wildman–Crippen MR) is 185 cm³/mol. The van der Waals surface area contributed by atoms with Crippen LogP contribution in [-0.2, 0) is 27.8 Å². The summed E-state index contributed by atoms with van der Waals surface area (Å²) in [6, 6.07) is 13.1. The molecule has 0 spiro atoms. The summed E-state index contributed by atoms with van der Waals surface area (Å²) in [7, 11) is -2.40. The lowest BCUT2D eigenvalue weighted by Gasteiger charge is -2.35. The van der Waals surface area contributed by atoms with Crippen molar-refractivity contribution in [2.45, 2.75) is 76.1 Å². The fourth-order valence-corrected chi connectivity index (χ4v) is 7.65. The average Bonchev–Trinajstić information content (AvgIpc) is 3.44. The van der Waals surface area contributed by atoms with Gasteiger partial charge < -0.3 is 25.8 Å². The molecule has 1 aromatic heterocycles. The second-order valence-electron chi connectivity index (χ2n) is 12.7. The van der Waals surface area contributed by atoms with Gasteiger partial charge in [-0.15, -0.1) is 11.3 Å². The van der Waals surface area contributed by atoms with Gasteiger partial charge in [0, 0.05) is 25.5 Å². The van der Waals surface area contributed by atoms with Crippen molar-refractivity contribution < 1.29 is 28.3 Å². The van der Waals surface area contributed by atoms with Gasteiger partial charge in [-0.25, -0.2) is 18.2 Å². The van der Waals surface area contributed by atoms with Crippen LogP contribution < -0.4 is 10.6 Å². The molecule has 0 saturated heterocycles. The van der Waals surface area contributed by atoms with E-state index in [2.05, 4.69) is 20.8 Å². The number of aromatic nitrogens is 1. The van der Waals surface area contributed by atoms with E-state index in [4.69, 9.17) is 5.21 Å². The molecule has 4 rings (SSSR count). The van der Waals surface area contributed by atoms with Gasteiger partial charge in [0.25, 0.3) is 0 Å². The fraction of sp³-hybridized carbons (Fsp3) is 0.471. The number of hydrogen-bond donors (Lipinski definition) is 4. The minimum absolute atomic E-state index is 0.0484. The molecular formula is C34H46N6O6S2. The SMILES string of the molecule is Cc1nc(CN(C)C(=O)N[C@H](C(=O)N[C@@H](Cc2ccccc2)[C@H](O)CN(CC2CCC2)S(=O)(=O)c2ccc(C=NO)cc2)C(C)C)cs1. The summed E-state index contributed by atoms with van der Waals surface area (Å²) in [5, 5.41) is 32.1. The summed E-state index contributed by atoms with van der Waals surface area (Å²) in [5.74, 6) is -0.598. The first-order valence-corrected chi connectivity index (χ1v) is 18.4. The number of rotatable bonds is 16. The molecule has 260 valence electrons. The first-order chi connectivity index (χ1) is 22.9. The molecule has 0 radical (unpaired) electrons. The number of sulfonamides is 1. The lowest BCUT2D eigenvalue weighted by molar-refractivity contribution is -0.125. The minimum atomic E-state index is -4.03. The monoisotopic (exact) mass is 698 g/mol. The fourth-order valence-electron chi connectivity index (χ4n) is 5.51. The molecule has 3 aromatic rings. The molecule has 0 unspecified atom stereocenters. The number of hydrogen-bond acceptors (Lipinski definition) is 9. The molecule has 0 aliphatic heterocycles. The number of amides is 3. The van der Waals surface area contributed by atoms with Crippen LogP contribution in [0.25, 0.3) is 0 Å². The predicted octanol–water partition coefficient (Wildman–Crippen LogP) is 4.01. The maximum atomic E-state index is 13.9. The van der Waals surface area contributed by atoms with Gasteiger partial charge in [0.2, 0.25) is 15.9 Å². The molecule has 14 heteroatoms. The standard InChI is InChI=1S/C34H46N6O6S2/c1-23(2)32(38-34(43)39(4)20-28-22-47-24(3)36-28)33(42)37-30(17-25-9-6-5-7-10-25)31(41)21-40(19-27-11-8-12-27)48(45,46)29-15-13-26(14-16-29)18-35-44/h5-7,9-10,13-16,18,22-23,27,30-32,41,44H,8,11-12,17,19-21H2,1-4H3,(H,37,42)(H,38,43)/t30-,31+,32-/m0/s1. The maximum absolute atomic E-state index is 13.9. The number of urea groups is 1. The largest absolute Gasteiger partial charge is 0.411 e. The van der Waals surface area contributed by atoms with E-state index in [0.29, 0.717) is 5.56 Å². The number of benzene rings is 2. The molecule has 3 amide bonds. The van der Waals surface area contributed by atoms with Crippen molar-refractivity contribution in [3.8, 4) is 0 Å². The Morgan fingerprint density at radius 1 is 1.10 bits per heavy atom. The van der Waals surface area contributed by atoms with E-state index >= 15 is 0 Å². The minimum Gasteiger partial charge on any atom is -0.411 e. The molecule has 12 nitrogen and oxygen atoms in total. The van der Waals surface area contributed by atoms with Crippen LogP contribution in [-0.4, -0.2) is 89.4 Å². The highest BCUT2D eigenvalue weighted by Crippen LogP contribution is 2.30. The molecule has 0 bridgehead atoms. The molecular weight excluding hydrogens is 653 g/mol. The summed E-state index contributed by atoms with van der Waals surface area (Å²) in [6.45, 7) is 5.80. The van der Waals surface area contributed by atoms with Crippen molar-refractivity contribution >= 4 is 39.5 Å². The van der Waals surface area contributed by atoms with E-state index in [9.17, 15) is 23.1 Å². The molecule has 3 atom stereocenters. The van der Waals surface area contributed by atoms with Gasteiger partial charge in [-0.2, -0.15) is 4.31 Å². The zero-order valence-electron chi connectivity index (χ0n) is 27.8. The summed E-state index contributed by atoms with van der Waals surface area (Å²) in [4.78, 5) is 32.9. The lowest BCUT2D eigenvalue weighted by atomic mass is 9.85. The Bertz CT molecular complexity index is 1630. The maximum Gasteiger partial charge on any atom is 0.318 e. The van der Waals surface area contributed by atoms with Crippen LogP contribution in [0.3, 0.4) is 0 Å². The molecule has 48 heavy (non-hydrogen) atoms. The van der Waals surface area contributed by atoms with Crippen LogP contribution in [0.5, 0.6) is 0 Å². The lowest BCUT2D eigenvalue weighted by Crippen LogP contribution is -2.58. The van der Waals surface area contributed by atoms with E-state index in [1.165, 1.54) is 38.9 Å². The van der Waals surface area contributed by atoms with Gasteiger partial charge in [0.05, 0.1) is 40.5 Å². The van der Waals surface area contributed by atoms with E-state index in [0.717, 1.165) is 35.5 Å². The van der Waals surface area contributed by atoms with Gasteiger partial charge in [-0.1, -0.05) is 67.9 Å². The number of carbonyl (C=O) groups is 2. The van der Waals surface area contributed by atoms with E-state index in [1.807, 2.05) is 56.5 Å². The third-order valence-corrected chi connectivity index (χ3v) is 11.2. The highest BCUT2D eigenvalue weighted by atomic mass is 32.2. The number of nitrogens with zero attached hydrogens (tertiary/aromatic N) is 4. The Morgan fingerprint density at radius 3 is 2.35 bits per heavy atom. The van der Waals surface area contributed by atoms with Crippen molar-refractivity contribution in [2.75, 3.05) is 20.1 Å². The van der Waals surface area contributed by atoms with Crippen LogP contribution in [0, 0.1) is 18.8 Å². The van der Waals surface area contributed by atoms with Crippen molar-refractivity contribution in [1.82, 2.24) is 24.8 Å². The number of aryl methyl sites for hydroxylation is 1. The Hall–Kier alpha value is -3.85. The topological polar surface area (TPSA) is 165 Å². The number of oxime groups is 1. The van der Waals surface area contributed by atoms with Crippen molar-refractivity contribution in [3.63, 3.8) is 0 Å². The summed E-state index contributed by atoms with van der Waals surface area (Å²) in [5.41, 5.74) is 2.13. The van der Waals surface area contributed by atoms with Crippen LogP contribution in [0.2, 0.25) is 0 Å². The highest BCUT2D eigenvalue weighted by Gasteiger charge is 2.35. The first kappa shape index (κ1) is 37.0. The van der Waals surface area contributed by atoms with Crippen molar-refractivity contribution in [1.29, 1.82) is 0 Å². The second kappa shape index (κ2) is 17.0. The quantitative estimate of drug-likeness (QED) is 0.0998. The Balaban J connectivity index is 1.54. The van der Waals surface area contributed by atoms with Gasteiger partial charge in [-0.3, -0.25) is 4.79 Å². The molecule has 1 saturated carbocycles. The molecule has 1 heterocycles.